The monoisotopic (exact) mass is 1660 g/mol. The lowest BCUT2D eigenvalue weighted by molar-refractivity contribution is 0.628. The van der Waals surface area contributed by atoms with Gasteiger partial charge < -0.3 is 21.3 Å². The van der Waals surface area contributed by atoms with E-state index in [2.05, 4.69) is 180 Å². The van der Waals surface area contributed by atoms with Gasteiger partial charge in [0.2, 0.25) is 0 Å². The third-order valence-electron chi connectivity index (χ3n) is 20.2. The Morgan fingerprint density at radius 3 is 1.30 bits per heavy atom. The maximum Gasteiger partial charge on any atom is 0.176 e. The van der Waals surface area contributed by atoms with Crippen LogP contribution >= 0.6 is 0 Å². The Labute approximate surface area is 743 Å². The van der Waals surface area contributed by atoms with Crippen LogP contribution < -0.4 is 21.3 Å². The second-order valence-electron chi connectivity index (χ2n) is 26.7. The first-order valence-corrected chi connectivity index (χ1v) is 46.0. The van der Waals surface area contributed by atoms with Crippen molar-refractivity contribution in [1.82, 2.24) is 48.8 Å². The standard InChI is InChI=1S/C24H26N4.C23H22N2.C20H20N4.C13H12N4.12C2H6.4CH4/c1-15-12-23(28-24(25-15)20-8-4-5-9-22(20)27-28)26-18-11-10-17-13-16-6-2-3-7-19(16)21(17)14-18;1-15-12-23(20-8-4-5-9-22(20)24-15)25-18-11-10-17-13-16-6-2-3-7-19(16)21(17)14-18;1-13-10-19(20-21-8-9-24(20)23-13)22-16-7-6-15-11-14-4-2-3-5-17(14)18(15)12-16;1-10-9-13(16-11-5-3-2-4-6-11)17-12(15-10)7-8-14-17;12*1-2;;;;/h2-3,6-7,12,18,26H,4-5,8-11,13-14H2,1H3;2-9,12,18H,10-11,13-14H2,1H3,(H,24,25);2-5,8-10,16,22H,6-7,11-12H2,1H3;2-9,16H,1H3;12*1-2H3;4*1H4. The van der Waals surface area contributed by atoms with Crippen molar-refractivity contribution in [2.24, 2.45) is 0 Å². The highest BCUT2D eigenvalue weighted by Crippen LogP contribution is 2.46. The van der Waals surface area contributed by atoms with Crippen molar-refractivity contribution in [3.8, 4) is 0 Å². The van der Waals surface area contributed by atoms with Gasteiger partial charge in [0, 0.05) is 88.1 Å². The van der Waals surface area contributed by atoms with E-state index in [0.717, 1.165) is 120 Å². The Morgan fingerprint density at radius 1 is 0.361 bits per heavy atom. The smallest absolute Gasteiger partial charge is 0.176 e. The predicted molar refractivity (Wildman–Crippen MR) is 544 cm³/mol. The minimum absolute atomic E-state index is 0. The summed E-state index contributed by atoms with van der Waals surface area (Å²) >= 11 is 0. The minimum atomic E-state index is 0. The number of benzene rings is 5. The van der Waals surface area contributed by atoms with Crippen LogP contribution in [0.4, 0.5) is 28.7 Å². The van der Waals surface area contributed by atoms with Crippen LogP contribution in [-0.2, 0) is 32.1 Å². The van der Waals surface area contributed by atoms with E-state index in [-0.39, 0.29) is 29.7 Å². The number of nitrogens with zero attached hydrogens (tertiary/aromatic N) is 10. The summed E-state index contributed by atoms with van der Waals surface area (Å²) in [7, 11) is 0. The van der Waals surface area contributed by atoms with Gasteiger partial charge in [-0.05, 0) is 211 Å². The molecule has 5 aromatic carbocycles. The molecule has 3 atom stereocenters. The van der Waals surface area contributed by atoms with Gasteiger partial charge in [0.1, 0.15) is 11.6 Å². The summed E-state index contributed by atoms with van der Waals surface area (Å²) in [6, 6.07) is 56.9. The fraction of sp³-hybridized carbons (Fsp3) is 0.472. The average Bonchev–Trinajstić information content (AvgIpc) is 1.61. The van der Waals surface area contributed by atoms with Crippen LogP contribution in [0.3, 0.4) is 0 Å². The highest BCUT2D eigenvalue weighted by atomic mass is 15.3. The van der Waals surface area contributed by atoms with Gasteiger partial charge in [-0.2, -0.15) is 24.3 Å². The topological polar surface area (TPSA) is 152 Å². The molecule has 12 aromatic rings. The van der Waals surface area contributed by atoms with Crippen molar-refractivity contribution in [2.45, 2.75) is 344 Å². The molecule has 0 aliphatic heterocycles. The van der Waals surface area contributed by atoms with E-state index in [1.807, 2.05) is 239 Å². The number of hydrogen-bond donors (Lipinski definition) is 4. The molecule has 670 valence electrons. The van der Waals surface area contributed by atoms with Crippen molar-refractivity contribution < 1.29 is 0 Å². The molecule has 19 rings (SSSR count). The van der Waals surface area contributed by atoms with E-state index in [4.69, 9.17) is 10.1 Å². The third-order valence-corrected chi connectivity index (χ3v) is 20.2. The number of allylic oxidation sites excluding steroid dienone is 3. The number of aromatic nitrogens is 10. The van der Waals surface area contributed by atoms with Gasteiger partial charge in [0.25, 0.3) is 0 Å². The van der Waals surface area contributed by atoms with Crippen molar-refractivity contribution in [3.05, 3.63) is 260 Å². The first-order valence-electron chi connectivity index (χ1n) is 46.0. The Hall–Kier alpha value is -10.2. The molecule has 0 fully saturated rings. The van der Waals surface area contributed by atoms with Crippen LogP contribution in [0, 0.1) is 27.7 Å². The maximum absolute atomic E-state index is 4.94. The molecule has 0 saturated carbocycles. The van der Waals surface area contributed by atoms with E-state index >= 15 is 0 Å². The summed E-state index contributed by atoms with van der Waals surface area (Å²) in [5, 5.41) is 29.6. The van der Waals surface area contributed by atoms with Gasteiger partial charge >= 0.3 is 0 Å². The van der Waals surface area contributed by atoms with Crippen molar-refractivity contribution in [2.75, 3.05) is 21.3 Å². The molecule has 0 saturated heterocycles. The molecular formula is C108H168N14. The lowest BCUT2D eigenvalue weighted by atomic mass is 9.88. The van der Waals surface area contributed by atoms with Crippen LogP contribution in [0.2, 0.25) is 0 Å². The molecule has 7 aliphatic carbocycles. The van der Waals surface area contributed by atoms with Gasteiger partial charge in [0.15, 0.2) is 16.9 Å². The minimum Gasteiger partial charge on any atom is -0.381 e. The summed E-state index contributed by atoms with van der Waals surface area (Å²) < 4.78 is 5.73. The van der Waals surface area contributed by atoms with Crippen molar-refractivity contribution in [3.63, 3.8) is 0 Å². The molecule has 7 heterocycles. The lowest BCUT2D eigenvalue weighted by Gasteiger charge is -2.27. The normalized spacial score (nSPS) is 14.6. The molecule has 122 heavy (non-hydrogen) atoms. The molecule has 3 unspecified atom stereocenters. The quantitative estimate of drug-likeness (QED) is 0.115. The molecule has 14 heteroatoms. The number of aryl methyl sites for hydroxylation is 6. The zero-order valence-electron chi connectivity index (χ0n) is 78.3. The predicted octanol–water partition coefficient (Wildman–Crippen LogP) is 32.1. The number of rotatable bonds is 8. The zero-order valence-corrected chi connectivity index (χ0v) is 78.3. The van der Waals surface area contributed by atoms with Gasteiger partial charge in [0.05, 0.1) is 28.8 Å². The Kier molecular flexibility index (Phi) is 56.0. The van der Waals surface area contributed by atoms with Gasteiger partial charge in [-0.1, -0.05) is 322 Å². The van der Waals surface area contributed by atoms with Gasteiger partial charge in [-0.3, -0.25) is 4.98 Å². The number of hydrogen-bond acceptors (Lipinski definition) is 11. The second kappa shape index (κ2) is 61.1. The van der Waals surface area contributed by atoms with Crippen molar-refractivity contribution >= 4 is 73.3 Å². The SMILES string of the molecule is C.C.C.C.CC.CC.CC.CC.CC.CC.CC.CC.CC.CC.CC.CC.Cc1cc(NC2CCC3=C(C2)c2ccccc2C3)c2ccccc2n1.Cc1cc(NC2CCC3=C(C2)c2ccccc2C3)c2nccn2n1.Cc1cc(NC2CCC3=C(C2)c2ccccc2C3)n2nc3c(c2n1)CCCC3.Cc1cc(Nc2ccccc2)n2nccc2n1. The third kappa shape index (κ3) is 29.0. The summed E-state index contributed by atoms with van der Waals surface area (Å²) in [6.45, 7) is 56.2. The summed E-state index contributed by atoms with van der Waals surface area (Å²) in [6.07, 6.45) is 24.2. The lowest BCUT2D eigenvalue weighted by Crippen LogP contribution is -2.24. The molecule has 0 spiro atoms. The number of pyridine rings is 1. The Balaban J connectivity index is 0.00000147. The fourth-order valence-electron chi connectivity index (χ4n) is 15.8. The van der Waals surface area contributed by atoms with Crippen LogP contribution in [0.5, 0.6) is 0 Å². The Bertz CT molecular complexity index is 4970. The Morgan fingerprint density at radius 2 is 0.787 bits per heavy atom. The molecule has 0 amide bonds. The fourth-order valence-corrected chi connectivity index (χ4v) is 15.8. The highest BCUT2D eigenvalue weighted by Gasteiger charge is 2.32. The summed E-state index contributed by atoms with van der Waals surface area (Å²) in [4.78, 5) is 18.4. The van der Waals surface area contributed by atoms with Crippen molar-refractivity contribution in [1.29, 1.82) is 0 Å². The second-order valence-corrected chi connectivity index (χ2v) is 26.7. The summed E-state index contributed by atoms with van der Waals surface area (Å²) in [5.41, 5.74) is 32.7. The molecule has 7 aliphatic rings. The number of imidazole rings is 1. The van der Waals surface area contributed by atoms with Gasteiger partial charge in [-0.25, -0.2) is 19.5 Å². The van der Waals surface area contributed by atoms with Crippen LogP contribution in [0.1, 0.15) is 334 Å². The molecule has 0 radical (unpaired) electrons. The largest absolute Gasteiger partial charge is 0.381 e. The zero-order chi connectivity index (χ0) is 87.2. The van der Waals surface area contributed by atoms with E-state index in [0.29, 0.717) is 18.1 Å². The van der Waals surface area contributed by atoms with Crippen LogP contribution in [0.25, 0.3) is 44.6 Å². The number of para-hydroxylation sites is 2. The number of nitrogens with one attached hydrogen (secondary N) is 4. The highest BCUT2D eigenvalue weighted by molar-refractivity contribution is 5.92. The van der Waals surface area contributed by atoms with Crippen LogP contribution in [0.15, 0.2) is 193 Å². The van der Waals surface area contributed by atoms with E-state index in [1.54, 1.807) is 44.2 Å². The van der Waals surface area contributed by atoms with Gasteiger partial charge in [-0.15, -0.1) is 0 Å². The van der Waals surface area contributed by atoms with E-state index in [9.17, 15) is 0 Å². The van der Waals surface area contributed by atoms with E-state index in [1.165, 1.54) is 107 Å². The number of anilines is 5. The average molecular weight is 1660 g/mol. The number of fused-ring (bicyclic) bond motifs is 12. The molecular weight excluding hydrogens is 1490 g/mol. The molecule has 7 aromatic heterocycles. The first-order chi connectivity index (χ1) is 58.1. The van der Waals surface area contributed by atoms with E-state index < -0.39 is 0 Å². The van der Waals surface area contributed by atoms with Crippen LogP contribution in [-0.4, -0.2) is 66.9 Å². The first kappa shape index (κ1) is 112. The molecule has 14 nitrogen and oxygen atoms in total. The molecule has 0 bridgehead atoms. The maximum atomic E-state index is 4.94. The molecule has 4 N–H and O–H groups in total. The summed E-state index contributed by atoms with van der Waals surface area (Å²) in [5.74, 6) is 2.03.